The van der Waals surface area contributed by atoms with Crippen LogP contribution in [0.3, 0.4) is 0 Å². The summed E-state index contributed by atoms with van der Waals surface area (Å²) < 4.78 is 1.75. The molecule has 3 heterocycles. The standard InChI is InChI=1S/C23H17N5OS/c1-15-6-2-3-9-18(15)23(29)24-17-8-4-7-16(14-17)19-11-12-21-25-26-22(28(21)27-19)20-10-5-13-30-20/h2-14H,1H3,(H,24,29). The van der Waals surface area contributed by atoms with Crippen LogP contribution in [0.1, 0.15) is 15.9 Å². The monoisotopic (exact) mass is 411 g/mol. The first kappa shape index (κ1) is 18.2. The first-order valence-electron chi connectivity index (χ1n) is 9.43. The number of carbonyl (C=O) groups is 1. The summed E-state index contributed by atoms with van der Waals surface area (Å²) in [7, 11) is 0. The van der Waals surface area contributed by atoms with Gasteiger partial charge < -0.3 is 5.32 Å². The number of aryl methyl sites for hydroxylation is 1. The molecule has 2 aromatic carbocycles. The van der Waals surface area contributed by atoms with Crippen molar-refractivity contribution in [2.75, 3.05) is 5.32 Å². The van der Waals surface area contributed by atoms with Gasteiger partial charge in [0.05, 0.1) is 10.6 Å². The highest BCUT2D eigenvalue weighted by Crippen LogP contribution is 2.26. The maximum Gasteiger partial charge on any atom is 0.255 e. The highest BCUT2D eigenvalue weighted by atomic mass is 32.1. The second-order valence-corrected chi connectivity index (χ2v) is 7.79. The van der Waals surface area contributed by atoms with E-state index in [1.165, 1.54) is 0 Å². The Balaban J connectivity index is 1.48. The molecular weight excluding hydrogens is 394 g/mol. The number of hydrogen-bond acceptors (Lipinski definition) is 5. The van der Waals surface area contributed by atoms with Crippen LogP contribution in [0, 0.1) is 6.92 Å². The summed E-state index contributed by atoms with van der Waals surface area (Å²) in [6.07, 6.45) is 0. The van der Waals surface area contributed by atoms with Crippen LogP contribution in [0.15, 0.2) is 78.2 Å². The van der Waals surface area contributed by atoms with Crippen molar-refractivity contribution in [1.82, 2.24) is 19.8 Å². The summed E-state index contributed by atoms with van der Waals surface area (Å²) in [5.41, 5.74) is 4.66. The summed E-state index contributed by atoms with van der Waals surface area (Å²) in [5, 5.41) is 18.2. The molecule has 0 aliphatic carbocycles. The molecule has 3 aromatic heterocycles. The Hall–Kier alpha value is -3.84. The van der Waals surface area contributed by atoms with Gasteiger partial charge in [-0.2, -0.15) is 9.61 Å². The third-order valence-corrected chi connectivity index (χ3v) is 5.68. The zero-order chi connectivity index (χ0) is 20.5. The fraction of sp³-hybridized carbons (Fsp3) is 0.0435. The SMILES string of the molecule is Cc1ccccc1C(=O)Nc1cccc(-c2ccc3nnc(-c4cccs4)n3n2)c1. The molecule has 5 rings (SSSR count). The summed E-state index contributed by atoms with van der Waals surface area (Å²) >= 11 is 1.59. The highest BCUT2D eigenvalue weighted by molar-refractivity contribution is 7.13. The number of benzene rings is 2. The molecule has 146 valence electrons. The van der Waals surface area contributed by atoms with Gasteiger partial charge in [0.15, 0.2) is 11.5 Å². The Morgan fingerprint density at radius 2 is 1.87 bits per heavy atom. The van der Waals surface area contributed by atoms with Gasteiger partial charge in [0, 0.05) is 16.8 Å². The van der Waals surface area contributed by atoms with E-state index in [0.29, 0.717) is 22.7 Å². The third kappa shape index (κ3) is 3.35. The van der Waals surface area contributed by atoms with Crippen LogP contribution >= 0.6 is 11.3 Å². The van der Waals surface area contributed by atoms with Crippen molar-refractivity contribution >= 4 is 28.6 Å². The average Bonchev–Trinajstić information content (AvgIpc) is 3.43. The van der Waals surface area contributed by atoms with Crippen LogP contribution in [-0.2, 0) is 0 Å². The van der Waals surface area contributed by atoms with E-state index in [4.69, 9.17) is 5.10 Å². The second-order valence-electron chi connectivity index (χ2n) is 6.84. The molecule has 0 bridgehead atoms. The minimum Gasteiger partial charge on any atom is -0.322 e. The van der Waals surface area contributed by atoms with Gasteiger partial charge in [-0.05, 0) is 54.3 Å². The van der Waals surface area contributed by atoms with E-state index in [-0.39, 0.29) is 5.91 Å². The van der Waals surface area contributed by atoms with Crippen molar-refractivity contribution in [2.45, 2.75) is 6.92 Å². The predicted octanol–water partition coefficient (Wildman–Crippen LogP) is 5.08. The Kier molecular flexibility index (Phi) is 4.57. The molecule has 0 radical (unpaired) electrons. The topological polar surface area (TPSA) is 72.2 Å². The summed E-state index contributed by atoms with van der Waals surface area (Å²) in [5.74, 6) is 0.582. The van der Waals surface area contributed by atoms with Crippen molar-refractivity contribution < 1.29 is 4.79 Å². The molecule has 0 saturated carbocycles. The zero-order valence-electron chi connectivity index (χ0n) is 16.1. The smallest absolute Gasteiger partial charge is 0.255 e. The summed E-state index contributed by atoms with van der Waals surface area (Å²) in [6, 6.07) is 23.0. The Labute approximate surface area is 176 Å². The first-order chi connectivity index (χ1) is 14.7. The van der Waals surface area contributed by atoms with E-state index in [1.807, 2.05) is 85.1 Å². The molecule has 0 aliphatic rings. The largest absolute Gasteiger partial charge is 0.322 e. The van der Waals surface area contributed by atoms with Gasteiger partial charge in [-0.3, -0.25) is 4.79 Å². The number of fused-ring (bicyclic) bond motifs is 1. The van der Waals surface area contributed by atoms with Gasteiger partial charge in [-0.15, -0.1) is 21.5 Å². The molecule has 6 nitrogen and oxygen atoms in total. The number of rotatable bonds is 4. The quantitative estimate of drug-likeness (QED) is 0.448. The number of carbonyl (C=O) groups excluding carboxylic acids is 1. The van der Waals surface area contributed by atoms with Crippen molar-refractivity contribution in [3.05, 3.63) is 89.3 Å². The van der Waals surface area contributed by atoms with Crippen molar-refractivity contribution in [1.29, 1.82) is 0 Å². The molecule has 0 unspecified atom stereocenters. The van der Waals surface area contributed by atoms with Crippen molar-refractivity contribution in [3.63, 3.8) is 0 Å². The number of amides is 1. The summed E-state index contributed by atoms with van der Waals surface area (Å²) in [4.78, 5) is 13.7. The van der Waals surface area contributed by atoms with Gasteiger partial charge in [0.2, 0.25) is 0 Å². The maximum atomic E-state index is 12.7. The third-order valence-electron chi connectivity index (χ3n) is 4.81. The highest BCUT2D eigenvalue weighted by Gasteiger charge is 2.13. The molecule has 5 aromatic rings. The van der Waals surface area contributed by atoms with E-state index < -0.39 is 0 Å². The molecule has 0 spiro atoms. The van der Waals surface area contributed by atoms with Crippen LogP contribution in [0.5, 0.6) is 0 Å². The van der Waals surface area contributed by atoms with Crippen LogP contribution in [0.2, 0.25) is 0 Å². The van der Waals surface area contributed by atoms with Gasteiger partial charge >= 0.3 is 0 Å². The lowest BCUT2D eigenvalue weighted by atomic mass is 10.1. The molecule has 1 amide bonds. The molecular formula is C23H17N5OS. The van der Waals surface area contributed by atoms with Crippen LogP contribution in [0.4, 0.5) is 5.69 Å². The lowest BCUT2D eigenvalue weighted by Crippen LogP contribution is -2.13. The van der Waals surface area contributed by atoms with Gasteiger partial charge in [0.1, 0.15) is 0 Å². The Morgan fingerprint density at radius 1 is 0.967 bits per heavy atom. The maximum absolute atomic E-state index is 12.7. The average molecular weight is 411 g/mol. The molecule has 0 saturated heterocycles. The van der Waals surface area contributed by atoms with Gasteiger partial charge in [-0.25, -0.2) is 0 Å². The fourth-order valence-corrected chi connectivity index (χ4v) is 3.98. The van der Waals surface area contributed by atoms with Crippen LogP contribution in [-0.4, -0.2) is 25.7 Å². The Bertz CT molecular complexity index is 1360. The molecule has 0 atom stereocenters. The van der Waals surface area contributed by atoms with Crippen LogP contribution in [0.25, 0.3) is 27.6 Å². The predicted molar refractivity (Wildman–Crippen MR) is 119 cm³/mol. The Morgan fingerprint density at radius 3 is 2.70 bits per heavy atom. The van der Waals surface area contributed by atoms with E-state index in [9.17, 15) is 4.79 Å². The molecule has 7 heteroatoms. The number of thiophene rings is 1. The van der Waals surface area contributed by atoms with E-state index in [1.54, 1.807) is 15.9 Å². The van der Waals surface area contributed by atoms with Gasteiger partial charge in [0.25, 0.3) is 5.91 Å². The van der Waals surface area contributed by atoms with E-state index in [0.717, 1.165) is 21.7 Å². The minimum absolute atomic E-state index is 0.132. The molecule has 0 aliphatic heterocycles. The number of nitrogens with zero attached hydrogens (tertiary/aromatic N) is 4. The first-order valence-corrected chi connectivity index (χ1v) is 10.3. The summed E-state index contributed by atoms with van der Waals surface area (Å²) in [6.45, 7) is 1.93. The lowest BCUT2D eigenvalue weighted by Gasteiger charge is -2.09. The number of nitrogens with one attached hydrogen (secondary N) is 1. The normalized spacial score (nSPS) is 11.0. The van der Waals surface area contributed by atoms with Crippen molar-refractivity contribution in [3.8, 4) is 22.0 Å². The number of anilines is 1. The zero-order valence-corrected chi connectivity index (χ0v) is 16.9. The fourth-order valence-electron chi connectivity index (χ4n) is 3.28. The van der Waals surface area contributed by atoms with Gasteiger partial charge in [-0.1, -0.05) is 36.4 Å². The van der Waals surface area contributed by atoms with E-state index in [2.05, 4.69) is 15.5 Å². The van der Waals surface area contributed by atoms with Crippen LogP contribution < -0.4 is 5.32 Å². The molecule has 30 heavy (non-hydrogen) atoms. The molecule has 0 fully saturated rings. The van der Waals surface area contributed by atoms with E-state index >= 15 is 0 Å². The second kappa shape index (κ2) is 7.53. The molecule has 1 N–H and O–H groups in total. The lowest BCUT2D eigenvalue weighted by molar-refractivity contribution is 0.102. The number of aromatic nitrogens is 4. The minimum atomic E-state index is -0.132. The number of hydrogen-bond donors (Lipinski definition) is 1. The van der Waals surface area contributed by atoms with Crippen molar-refractivity contribution in [2.24, 2.45) is 0 Å².